The van der Waals surface area contributed by atoms with Gasteiger partial charge in [0.15, 0.2) is 11.6 Å². The van der Waals surface area contributed by atoms with Gasteiger partial charge in [-0.15, -0.1) is 10.2 Å². The summed E-state index contributed by atoms with van der Waals surface area (Å²) in [5, 5.41) is 9.10. The predicted octanol–water partition coefficient (Wildman–Crippen LogP) is 6.59. The highest BCUT2D eigenvalue weighted by Gasteiger charge is 2.20. The van der Waals surface area contributed by atoms with Crippen molar-refractivity contribution in [2.45, 2.75) is 6.67 Å². The SMILES string of the molecule is FCc1ccc(-c2cccc(-c3nnc(-c4cccc(-c5ccccn5)n4)n3-c3ccccc3)n2)cc1. The number of aromatic nitrogens is 6. The van der Waals surface area contributed by atoms with Crippen LogP contribution in [0.3, 0.4) is 0 Å². The third kappa shape index (κ3) is 4.50. The van der Waals surface area contributed by atoms with Gasteiger partial charge in [-0.2, -0.15) is 0 Å². The fourth-order valence-electron chi connectivity index (χ4n) is 4.14. The van der Waals surface area contributed by atoms with Gasteiger partial charge in [-0.25, -0.2) is 14.4 Å². The second kappa shape index (κ2) is 9.91. The van der Waals surface area contributed by atoms with E-state index in [1.807, 2.05) is 102 Å². The van der Waals surface area contributed by atoms with Crippen LogP contribution in [0.25, 0.3) is 51.4 Å². The van der Waals surface area contributed by atoms with Gasteiger partial charge in [0, 0.05) is 17.4 Å². The maximum absolute atomic E-state index is 13.0. The molecule has 4 aromatic heterocycles. The Bertz CT molecular complexity index is 1650. The zero-order chi connectivity index (χ0) is 25.0. The van der Waals surface area contributed by atoms with Gasteiger partial charge in [0.1, 0.15) is 18.1 Å². The van der Waals surface area contributed by atoms with Crippen LogP contribution >= 0.6 is 0 Å². The van der Waals surface area contributed by atoms with Crippen LogP contribution in [-0.2, 0) is 6.67 Å². The van der Waals surface area contributed by atoms with E-state index in [0.29, 0.717) is 28.6 Å². The van der Waals surface area contributed by atoms with Gasteiger partial charge < -0.3 is 0 Å². The largest absolute Gasteiger partial charge is 0.272 e. The number of pyridine rings is 3. The Hall–Kier alpha value is -5.04. The maximum Gasteiger partial charge on any atom is 0.187 e. The number of hydrogen-bond acceptors (Lipinski definition) is 5. The first-order valence-corrected chi connectivity index (χ1v) is 11.8. The van der Waals surface area contributed by atoms with E-state index in [1.165, 1.54) is 0 Å². The molecule has 6 nitrogen and oxygen atoms in total. The van der Waals surface area contributed by atoms with Gasteiger partial charge in [-0.05, 0) is 54.1 Å². The molecule has 0 fully saturated rings. The zero-order valence-corrected chi connectivity index (χ0v) is 19.7. The van der Waals surface area contributed by atoms with Crippen LogP contribution in [-0.4, -0.2) is 29.7 Å². The van der Waals surface area contributed by atoms with Crippen molar-refractivity contribution in [2.24, 2.45) is 0 Å². The molecule has 0 spiro atoms. The number of hydrogen-bond donors (Lipinski definition) is 0. The van der Waals surface area contributed by atoms with Crippen LogP contribution in [0.15, 0.2) is 115 Å². The fourth-order valence-corrected chi connectivity index (χ4v) is 4.14. The predicted molar refractivity (Wildman–Crippen MR) is 141 cm³/mol. The average Bonchev–Trinajstić information content (AvgIpc) is 3.44. The van der Waals surface area contributed by atoms with E-state index in [9.17, 15) is 4.39 Å². The molecule has 0 aliphatic carbocycles. The van der Waals surface area contributed by atoms with Crippen LogP contribution in [0, 0.1) is 0 Å². The van der Waals surface area contributed by atoms with Crippen molar-refractivity contribution < 1.29 is 4.39 Å². The summed E-state index contributed by atoms with van der Waals surface area (Å²) in [4.78, 5) is 14.2. The lowest BCUT2D eigenvalue weighted by molar-refractivity contribution is 0.485. The van der Waals surface area contributed by atoms with Crippen molar-refractivity contribution in [2.75, 3.05) is 0 Å². The molecule has 0 aliphatic rings. The van der Waals surface area contributed by atoms with Crippen LogP contribution in [0.4, 0.5) is 4.39 Å². The van der Waals surface area contributed by atoms with Crippen LogP contribution in [0.1, 0.15) is 5.56 Å². The molecule has 6 rings (SSSR count). The molecule has 4 heterocycles. The monoisotopic (exact) mass is 484 g/mol. The number of benzene rings is 2. The van der Waals surface area contributed by atoms with Gasteiger partial charge in [0.2, 0.25) is 0 Å². The van der Waals surface area contributed by atoms with Gasteiger partial charge in [-0.1, -0.05) is 60.7 Å². The topological polar surface area (TPSA) is 69.4 Å². The molecule has 0 aliphatic heterocycles. The number of rotatable bonds is 6. The first kappa shape index (κ1) is 22.4. The summed E-state index contributed by atoms with van der Waals surface area (Å²) >= 11 is 0. The lowest BCUT2D eigenvalue weighted by Crippen LogP contribution is -2.03. The lowest BCUT2D eigenvalue weighted by Gasteiger charge is -2.11. The van der Waals surface area contributed by atoms with E-state index in [-0.39, 0.29) is 0 Å². The third-order valence-electron chi connectivity index (χ3n) is 5.97. The summed E-state index contributed by atoms with van der Waals surface area (Å²) in [6, 6.07) is 34.5. The fraction of sp³-hybridized carbons (Fsp3) is 0.0333. The van der Waals surface area contributed by atoms with Crippen molar-refractivity contribution in [3.63, 3.8) is 0 Å². The molecular formula is C30H21FN6. The molecule has 37 heavy (non-hydrogen) atoms. The van der Waals surface area contributed by atoms with E-state index >= 15 is 0 Å². The smallest absolute Gasteiger partial charge is 0.187 e. The molecule has 0 saturated carbocycles. The molecule has 0 amide bonds. The number of nitrogens with zero attached hydrogens (tertiary/aromatic N) is 6. The molecule has 0 unspecified atom stereocenters. The Morgan fingerprint density at radius 1 is 0.541 bits per heavy atom. The minimum atomic E-state index is -0.494. The van der Waals surface area contributed by atoms with E-state index in [0.717, 1.165) is 28.3 Å². The Morgan fingerprint density at radius 3 is 1.78 bits per heavy atom. The molecule has 7 heteroatoms. The summed E-state index contributed by atoms with van der Waals surface area (Å²) in [6.45, 7) is -0.494. The number of alkyl halides is 1. The second-order valence-corrected chi connectivity index (χ2v) is 8.38. The summed E-state index contributed by atoms with van der Waals surface area (Å²) in [5.41, 5.74) is 6.05. The summed E-state index contributed by atoms with van der Waals surface area (Å²) in [7, 11) is 0. The van der Waals surface area contributed by atoms with Crippen molar-refractivity contribution in [1.82, 2.24) is 29.7 Å². The van der Waals surface area contributed by atoms with Crippen molar-refractivity contribution in [3.8, 4) is 51.4 Å². The minimum Gasteiger partial charge on any atom is -0.272 e. The first-order chi connectivity index (χ1) is 18.3. The highest BCUT2D eigenvalue weighted by atomic mass is 19.1. The molecular weight excluding hydrogens is 463 g/mol. The molecule has 0 saturated heterocycles. The first-order valence-electron chi connectivity index (χ1n) is 11.8. The minimum absolute atomic E-state index is 0.494. The van der Waals surface area contributed by atoms with Crippen LogP contribution in [0.2, 0.25) is 0 Å². The van der Waals surface area contributed by atoms with Gasteiger partial charge in [0.25, 0.3) is 0 Å². The standard InChI is InChI=1S/C30H21FN6/c31-20-21-15-17-22(18-16-21)24-11-6-13-27(33-24)29-35-36-30(37(29)23-8-2-1-3-9-23)28-14-7-12-26(34-28)25-10-4-5-19-32-25/h1-19H,20H2. The average molecular weight is 485 g/mol. The highest BCUT2D eigenvalue weighted by Crippen LogP contribution is 2.29. The molecule has 178 valence electrons. The van der Waals surface area contributed by atoms with Crippen molar-refractivity contribution in [1.29, 1.82) is 0 Å². The molecule has 0 atom stereocenters. The van der Waals surface area contributed by atoms with Gasteiger partial charge in [0.05, 0.1) is 17.1 Å². The molecule has 6 aromatic rings. The Kier molecular flexibility index (Phi) is 6.01. The molecule has 2 aromatic carbocycles. The van der Waals surface area contributed by atoms with Crippen molar-refractivity contribution in [3.05, 3.63) is 121 Å². The number of para-hydroxylation sites is 1. The van der Waals surface area contributed by atoms with Gasteiger partial charge in [-0.3, -0.25) is 9.55 Å². The lowest BCUT2D eigenvalue weighted by atomic mass is 10.1. The van der Waals surface area contributed by atoms with Crippen LogP contribution < -0.4 is 0 Å². The van der Waals surface area contributed by atoms with E-state index < -0.39 is 6.67 Å². The summed E-state index contributed by atoms with van der Waals surface area (Å²) in [5.74, 6) is 1.19. The Labute approximate surface area is 213 Å². The van der Waals surface area contributed by atoms with E-state index in [4.69, 9.17) is 9.97 Å². The highest BCUT2D eigenvalue weighted by molar-refractivity contribution is 5.68. The van der Waals surface area contributed by atoms with Gasteiger partial charge >= 0.3 is 0 Å². The summed E-state index contributed by atoms with van der Waals surface area (Å²) in [6.07, 6.45) is 1.75. The third-order valence-corrected chi connectivity index (χ3v) is 5.97. The van der Waals surface area contributed by atoms with E-state index in [2.05, 4.69) is 15.2 Å². The van der Waals surface area contributed by atoms with E-state index in [1.54, 1.807) is 18.3 Å². The molecule has 0 radical (unpaired) electrons. The normalized spacial score (nSPS) is 10.9. The zero-order valence-electron chi connectivity index (χ0n) is 19.7. The second-order valence-electron chi connectivity index (χ2n) is 8.38. The number of halogens is 1. The molecule has 0 N–H and O–H groups in total. The van der Waals surface area contributed by atoms with Crippen molar-refractivity contribution >= 4 is 0 Å². The van der Waals surface area contributed by atoms with Crippen LogP contribution in [0.5, 0.6) is 0 Å². The quantitative estimate of drug-likeness (QED) is 0.267. The maximum atomic E-state index is 13.0. The Morgan fingerprint density at radius 2 is 1.14 bits per heavy atom. The Balaban J connectivity index is 1.48. The molecule has 0 bridgehead atoms. The summed E-state index contributed by atoms with van der Waals surface area (Å²) < 4.78 is 14.9.